The Morgan fingerprint density at radius 3 is 1.62 bits per heavy atom. The normalized spacial score (nSPS) is 9.88. The summed E-state index contributed by atoms with van der Waals surface area (Å²) in [6, 6.07) is 0. The van der Waals surface area contributed by atoms with Gasteiger partial charge in [-0.05, 0) is 25.0 Å². The Morgan fingerprint density at radius 1 is 1.12 bits per heavy atom. The zero-order valence-electron chi connectivity index (χ0n) is 5.60. The van der Waals surface area contributed by atoms with Crippen molar-refractivity contribution in [2.24, 2.45) is 7.05 Å². The Labute approximate surface area is 49.9 Å². The first kappa shape index (κ1) is 5.42. The average Bonchev–Trinajstić information content (AvgIpc) is 1.85. The van der Waals surface area contributed by atoms with Crippen molar-refractivity contribution in [2.45, 2.75) is 13.8 Å². The van der Waals surface area contributed by atoms with Gasteiger partial charge in [-0.15, -0.1) is 0 Å². The van der Waals surface area contributed by atoms with Crippen LogP contribution < -0.4 is 0 Å². The van der Waals surface area contributed by atoms with E-state index in [-0.39, 0.29) is 0 Å². The maximum atomic E-state index is 2.12. The molecule has 0 atom stereocenters. The molecule has 0 aromatic carbocycles. The van der Waals surface area contributed by atoms with Crippen LogP contribution in [0.4, 0.5) is 0 Å². The SMILES string of the molecule is Cc1cn(C)cc1C. The molecule has 0 saturated heterocycles. The van der Waals surface area contributed by atoms with Crippen LogP contribution in [0.3, 0.4) is 0 Å². The van der Waals surface area contributed by atoms with Crippen molar-refractivity contribution < 1.29 is 0 Å². The van der Waals surface area contributed by atoms with Gasteiger partial charge in [0.15, 0.2) is 0 Å². The quantitative estimate of drug-likeness (QED) is 0.477. The predicted molar refractivity (Wildman–Crippen MR) is 34.9 cm³/mol. The number of aryl methyl sites for hydroxylation is 3. The first-order valence-electron chi connectivity index (χ1n) is 2.79. The fourth-order valence-electron chi connectivity index (χ4n) is 0.852. The van der Waals surface area contributed by atoms with Crippen LogP contribution in [-0.4, -0.2) is 4.57 Å². The third-order valence-electron chi connectivity index (χ3n) is 1.42. The van der Waals surface area contributed by atoms with E-state index in [2.05, 4.69) is 30.8 Å². The highest BCUT2D eigenvalue weighted by atomic mass is 14.9. The lowest BCUT2D eigenvalue weighted by molar-refractivity contribution is 0.922. The zero-order chi connectivity index (χ0) is 6.15. The van der Waals surface area contributed by atoms with Crippen molar-refractivity contribution in [2.75, 3.05) is 0 Å². The lowest BCUT2D eigenvalue weighted by atomic mass is 10.2. The second kappa shape index (κ2) is 1.66. The molecule has 1 heterocycles. The van der Waals surface area contributed by atoms with E-state index in [1.807, 2.05) is 7.05 Å². The second-order valence-electron chi connectivity index (χ2n) is 2.29. The van der Waals surface area contributed by atoms with Crippen molar-refractivity contribution in [1.82, 2.24) is 4.57 Å². The molecule has 0 spiro atoms. The first-order chi connectivity index (χ1) is 3.70. The van der Waals surface area contributed by atoms with Crippen molar-refractivity contribution >= 4 is 0 Å². The molecule has 0 fully saturated rings. The van der Waals surface area contributed by atoms with E-state index in [1.165, 1.54) is 11.1 Å². The fraction of sp³-hybridized carbons (Fsp3) is 0.429. The third kappa shape index (κ3) is 0.760. The summed E-state index contributed by atoms with van der Waals surface area (Å²) in [7, 11) is 2.04. The van der Waals surface area contributed by atoms with Gasteiger partial charge in [0.2, 0.25) is 0 Å². The van der Waals surface area contributed by atoms with Gasteiger partial charge in [0.25, 0.3) is 0 Å². The summed E-state index contributed by atoms with van der Waals surface area (Å²) in [6.45, 7) is 4.24. The molecule has 0 saturated carbocycles. The van der Waals surface area contributed by atoms with Gasteiger partial charge in [-0.1, -0.05) is 0 Å². The molecule has 1 heteroatoms. The molecule has 1 rings (SSSR count). The standard InChI is InChI=1S/C7H11N/c1-6-4-8(3)5-7(6)2/h4-5H,1-3H3. The minimum absolute atomic E-state index is 1.37. The number of hydrogen-bond donors (Lipinski definition) is 0. The fourth-order valence-corrected chi connectivity index (χ4v) is 0.852. The van der Waals surface area contributed by atoms with Crippen LogP contribution in [0.25, 0.3) is 0 Å². The Bertz CT molecular complexity index is 167. The number of nitrogens with zero attached hydrogens (tertiary/aromatic N) is 1. The summed E-state index contributed by atoms with van der Waals surface area (Å²) < 4.78 is 2.07. The molecule has 44 valence electrons. The van der Waals surface area contributed by atoms with Crippen LogP contribution in [-0.2, 0) is 7.05 Å². The third-order valence-corrected chi connectivity index (χ3v) is 1.42. The van der Waals surface area contributed by atoms with Crippen molar-refractivity contribution in [3.05, 3.63) is 23.5 Å². The Hall–Kier alpha value is -0.720. The van der Waals surface area contributed by atoms with Crippen LogP contribution in [0.1, 0.15) is 11.1 Å². The molecule has 0 radical (unpaired) electrons. The first-order valence-corrected chi connectivity index (χ1v) is 2.79. The molecule has 0 aliphatic rings. The molecule has 0 aliphatic carbocycles. The Kier molecular flexibility index (Phi) is 1.12. The van der Waals surface area contributed by atoms with Crippen molar-refractivity contribution in [1.29, 1.82) is 0 Å². The summed E-state index contributed by atoms with van der Waals surface area (Å²) in [5.74, 6) is 0. The van der Waals surface area contributed by atoms with Gasteiger partial charge >= 0.3 is 0 Å². The Morgan fingerprint density at radius 2 is 1.50 bits per heavy atom. The number of rotatable bonds is 0. The predicted octanol–water partition coefficient (Wildman–Crippen LogP) is 1.64. The smallest absolute Gasteiger partial charge is 0.0106 e. The van der Waals surface area contributed by atoms with Gasteiger partial charge < -0.3 is 4.57 Å². The van der Waals surface area contributed by atoms with Crippen LogP contribution in [0.2, 0.25) is 0 Å². The van der Waals surface area contributed by atoms with Crippen LogP contribution in [0.15, 0.2) is 12.4 Å². The van der Waals surface area contributed by atoms with E-state index >= 15 is 0 Å². The van der Waals surface area contributed by atoms with Crippen LogP contribution in [0.5, 0.6) is 0 Å². The molecule has 1 nitrogen and oxygen atoms in total. The maximum absolute atomic E-state index is 2.12. The molecule has 0 bridgehead atoms. The monoisotopic (exact) mass is 109 g/mol. The topological polar surface area (TPSA) is 4.93 Å². The lowest BCUT2D eigenvalue weighted by Gasteiger charge is -1.81. The largest absolute Gasteiger partial charge is 0.357 e. The highest BCUT2D eigenvalue weighted by Gasteiger charge is 1.90. The maximum Gasteiger partial charge on any atom is 0.0106 e. The summed E-state index contributed by atoms with van der Waals surface area (Å²) >= 11 is 0. The molecule has 0 aliphatic heterocycles. The molecule has 0 N–H and O–H groups in total. The van der Waals surface area contributed by atoms with Crippen LogP contribution in [0, 0.1) is 13.8 Å². The number of hydrogen-bond acceptors (Lipinski definition) is 0. The summed E-state index contributed by atoms with van der Waals surface area (Å²) in [5.41, 5.74) is 2.74. The minimum atomic E-state index is 1.37. The highest BCUT2D eigenvalue weighted by molar-refractivity contribution is 5.19. The van der Waals surface area contributed by atoms with E-state index in [1.54, 1.807) is 0 Å². The summed E-state index contributed by atoms with van der Waals surface area (Å²) in [6.07, 6.45) is 4.24. The van der Waals surface area contributed by atoms with Gasteiger partial charge in [-0.3, -0.25) is 0 Å². The molecule has 0 unspecified atom stereocenters. The minimum Gasteiger partial charge on any atom is -0.357 e. The molecule has 1 aromatic rings. The van der Waals surface area contributed by atoms with E-state index in [0.29, 0.717) is 0 Å². The number of aromatic nitrogens is 1. The summed E-state index contributed by atoms with van der Waals surface area (Å²) in [4.78, 5) is 0. The molecule has 8 heavy (non-hydrogen) atoms. The molecule has 1 aromatic heterocycles. The van der Waals surface area contributed by atoms with Gasteiger partial charge in [0.1, 0.15) is 0 Å². The van der Waals surface area contributed by atoms with E-state index < -0.39 is 0 Å². The molecular formula is C7H11N. The van der Waals surface area contributed by atoms with Gasteiger partial charge in [0, 0.05) is 19.4 Å². The van der Waals surface area contributed by atoms with Gasteiger partial charge in [-0.2, -0.15) is 0 Å². The molecular weight excluding hydrogens is 98.1 g/mol. The average molecular weight is 109 g/mol. The van der Waals surface area contributed by atoms with Crippen molar-refractivity contribution in [3.8, 4) is 0 Å². The van der Waals surface area contributed by atoms with Gasteiger partial charge in [0.05, 0.1) is 0 Å². The highest BCUT2D eigenvalue weighted by Crippen LogP contribution is 2.04. The summed E-state index contributed by atoms with van der Waals surface area (Å²) in [5, 5.41) is 0. The Balaban J connectivity index is 3.14. The lowest BCUT2D eigenvalue weighted by Crippen LogP contribution is -1.76. The zero-order valence-corrected chi connectivity index (χ0v) is 5.60. The van der Waals surface area contributed by atoms with E-state index in [0.717, 1.165) is 0 Å². The van der Waals surface area contributed by atoms with E-state index in [4.69, 9.17) is 0 Å². The van der Waals surface area contributed by atoms with Crippen LogP contribution >= 0.6 is 0 Å². The second-order valence-corrected chi connectivity index (χ2v) is 2.29. The van der Waals surface area contributed by atoms with E-state index in [9.17, 15) is 0 Å². The molecule has 0 amide bonds. The van der Waals surface area contributed by atoms with Gasteiger partial charge in [-0.25, -0.2) is 0 Å². The van der Waals surface area contributed by atoms with Crippen molar-refractivity contribution in [3.63, 3.8) is 0 Å².